The third kappa shape index (κ3) is 7.86. The van der Waals surface area contributed by atoms with E-state index < -0.39 is 23.9 Å². The number of ketones is 1. The van der Waals surface area contributed by atoms with Gasteiger partial charge in [-0.3, -0.25) is 9.59 Å². The first-order chi connectivity index (χ1) is 15.3. The van der Waals surface area contributed by atoms with Gasteiger partial charge in [-0.2, -0.15) is 0 Å². The van der Waals surface area contributed by atoms with Crippen LogP contribution in [0, 0.1) is 0 Å². The van der Waals surface area contributed by atoms with E-state index >= 15 is 0 Å². The fraction of sp³-hybridized carbons (Fsp3) is 0.333. The van der Waals surface area contributed by atoms with Gasteiger partial charge in [-0.05, 0) is 55.8 Å². The van der Waals surface area contributed by atoms with E-state index in [1.165, 1.54) is 14.0 Å². The summed E-state index contributed by atoms with van der Waals surface area (Å²) >= 11 is 0. The predicted molar refractivity (Wildman–Crippen MR) is 117 cm³/mol. The van der Waals surface area contributed by atoms with Crippen LogP contribution in [0.1, 0.15) is 42.6 Å². The molecule has 170 valence electrons. The lowest BCUT2D eigenvalue weighted by Crippen LogP contribution is -2.43. The minimum atomic E-state index is -0.900. The number of benzene rings is 2. The Morgan fingerprint density at radius 2 is 1.53 bits per heavy atom. The average molecular weight is 441 g/mol. The van der Waals surface area contributed by atoms with E-state index in [1.54, 1.807) is 48.5 Å². The zero-order valence-corrected chi connectivity index (χ0v) is 18.4. The maximum Gasteiger partial charge on any atom is 0.328 e. The van der Waals surface area contributed by atoms with Crippen molar-refractivity contribution in [2.75, 3.05) is 13.7 Å². The van der Waals surface area contributed by atoms with Gasteiger partial charge in [-0.25, -0.2) is 4.79 Å². The molecule has 2 aromatic rings. The van der Waals surface area contributed by atoms with Crippen LogP contribution in [0.3, 0.4) is 0 Å². The number of rotatable bonds is 11. The number of methoxy groups -OCH3 is 1. The zero-order chi connectivity index (χ0) is 23.5. The highest BCUT2D eigenvalue weighted by atomic mass is 16.5. The second kappa shape index (κ2) is 12.2. The number of amides is 1. The van der Waals surface area contributed by atoms with Gasteiger partial charge in [0.05, 0.1) is 20.1 Å². The van der Waals surface area contributed by atoms with Crippen molar-refractivity contribution in [1.29, 1.82) is 0 Å². The van der Waals surface area contributed by atoms with Crippen LogP contribution in [0.15, 0.2) is 48.5 Å². The summed E-state index contributed by atoms with van der Waals surface area (Å²) in [7, 11) is 1.25. The third-order valence-electron chi connectivity index (χ3n) is 4.49. The van der Waals surface area contributed by atoms with Gasteiger partial charge in [-0.15, -0.1) is 0 Å². The number of hydrogen-bond acceptors (Lipinski definition) is 7. The van der Waals surface area contributed by atoms with Crippen LogP contribution in [-0.4, -0.2) is 43.4 Å². The molecule has 2 aromatic carbocycles. The summed E-state index contributed by atoms with van der Waals surface area (Å²) in [5.41, 5.74) is 1.12. The lowest BCUT2D eigenvalue weighted by molar-refractivity contribution is -0.142. The lowest BCUT2D eigenvalue weighted by Gasteiger charge is -2.17. The van der Waals surface area contributed by atoms with Crippen molar-refractivity contribution in [2.24, 2.45) is 0 Å². The first-order valence-corrected chi connectivity index (χ1v) is 10.2. The number of hydrogen-bond donors (Lipinski definition) is 1. The van der Waals surface area contributed by atoms with Crippen LogP contribution in [0.5, 0.6) is 11.5 Å². The Kier molecular flexibility index (Phi) is 9.41. The summed E-state index contributed by atoms with van der Waals surface area (Å²) in [6, 6.07) is 12.2. The molecule has 1 N–H and O–H groups in total. The third-order valence-corrected chi connectivity index (χ3v) is 4.49. The monoisotopic (exact) mass is 441 g/mol. The van der Waals surface area contributed by atoms with Crippen molar-refractivity contribution < 1.29 is 33.4 Å². The zero-order valence-electron chi connectivity index (χ0n) is 18.4. The molecule has 0 aliphatic rings. The average Bonchev–Trinajstić information content (AvgIpc) is 2.78. The molecule has 1 atom stereocenters. The van der Waals surface area contributed by atoms with Crippen molar-refractivity contribution in [1.82, 2.24) is 5.32 Å². The molecule has 0 saturated heterocycles. The minimum absolute atomic E-state index is 0.0130. The minimum Gasteiger partial charge on any atom is -0.494 e. The SMILES string of the molecule is CCOc1ccc(C(=O)NC(Cc2ccc(OC(=O)CCC(C)=O)cc2)C(=O)OC)cc1. The van der Waals surface area contributed by atoms with Gasteiger partial charge in [0.2, 0.25) is 0 Å². The van der Waals surface area contributed by atoms with Crippen LogP contribution in [-0.2, 0) is 25.5 Å². The molecule has 0 aliphatic carbocycles. The first kappa shape index (κ1) is 24.6. The molecule has 8 nitrogen and oxygen atoms in total. The predicted octanol–water partition coefficient (Wildman–Crippen LogP) is 2.87. The molecule has 1 amide bonds. The molecule has 32 heavy (non-hydrogen) atoms. The topological polar surface area (TPSA) is 108 Å². The number of nitrogens with one attached hydrogen (secondary N) is 1. The van der Waals surface area contributed by atoms with Gasteiger partial charge in [0.25, 0.3) is 5.91 Å². The molecule has 0 heterocycles. The van der Waals surface area contributed by atoms with Crippen molar-refractivity contribution in [2.45, 2.75) is 39.2 Å². The largest absolute Gasteiger partial charge is 0.494 e. The van der Waals surface area contributed by atoms with Gasteiger partial charge < -0.3 is 24.3 Å². The van der Waals surface area contributed by atoms with Crippen molar-refractivity contribution in [3.05, 3.63) is 59.7 Å². The Balaban J connectivity index is 2.01. The molecule has 0 aromatic heterocycles. The highest BCUT2D eigenvalue weighted by Gasteiger charge is 2.23. The fourth-order valence-corrected chi connectivity index (χ4v) is 2.84. The van der Waals surface area contributed by atoms with Gasteiger partial charge in [-0.1, -0.05) is 12.1 Å². The van der Waals surface area contributed by atoms with Crippen LogP contribution < -0.4 is 14.8 Å². The van der Waals surface area contributed by atoms with Crippen molar-refractivity contribution in [3.63, 3.8) is 0 Å². The Bertz CT molecular complexity index is 936. The smallest absolute Gasteiger partial charge is 0.328 e. The number of ether oxygens (including phenoxy) is 3. The van der Waals surface area contributed by atoms with Crippen LogP contribution in [0.2, 0.25) is 0 Å². The number of carbonyl (C=O) groups excluding carboxylic acids is 4. The second-order valence-electron chi connectivity index (χ2n) is 7.03. The van der Waals surface area contributed by atoms with Gasteiger partial charge in [0.15, 0.2) is 0 Å². The van der Waals surface area contributed by atoms with Crippen LogP contribution in [0.4, 0.5) is 0 Å². The van der Waals surface area contributed by atoms with Crippen molar-refractivity contribution >= 4 is 23.6 Å². The van der Waals surface area contributed by atoms with E-state index in [2.05, 4.69) is 5.32 Å². The molecular formula is C24H27NO7. The molecule has 0 spiro atoms. The van der Waals surface area contributed by atoms with Gasteiger partial charge >= 0.3 is 11.9 Å². The molecular weight excluding hydrogens is 414 g/mol. The molecule has 0 fully saturated rings. The fourth-order valence-electron chi connectivity index (χ4n) is 2.84. The van der Waals surface area contributed by atoms with Crippen molar-refractivity contribution in [3.8, 4) is 11.5 Å². The second-order valence-corrected chi connectivity index (χ2v) is 7.03. The van der Waals surface area contributed by atoms with E-state index in [0.717, 1.165) is 5.56 Å². The van der Waals surface area contributed by atoms with Crippen LogP contribution in [0.25, 0.3) is 0 Å². The van der Waals surface area contributed by atoms with E-state index in [0.29, 0.717) is 23.7 Å². The summed E-state index contributed by atoms with van der Waals surface area (Å²) in [4.78, 5) is 47.5. The van der Waals surface area contributed by atoms with Gasteiger partial charge in [0, 0.05) is 18.4 Å². The van der Waals surface area contributed by atoms with E-state index in [-0.39, 0.29) is 25.0 Å². The van der Waals surface area contributed by atoms with E-state index in [1.807, 2.05) is 6.92 Å². The molecule has 0 bridgehead atoms. The molecule has 1 unspecified atom stereocenters. The Labute approximate surface area is 186 Å². The Hall–Kier alpha value is -3.68. The normalized spacial score (nSPS) is 11.2. The first-order valence-electron chi connectivity index (χ1n) is 10.2. The van der Waals surface area contributed by atoms with Crippen LogP contribution >= 0.6 is 0 Å². The maximum absolute atomic E-state index is 12.6. The quantitative estimate of drug-likeness (QED) is 0.422. The summed E-state index contributed by atoms with van der Waals surface area (Å²) < 4.78 is 15.4. The Morgan fingerprint density at radius 1 is 0.906 bits per heavy atom. The standard InChI is InChI=1S/C24H27NO7/c1-4-31-19-12-8-18(9-13-19)23(28)25-21(24(29)30-3)15-17-6-10-20(11-7-17)32-22(27)14-5-16(2)26/h6-13,21H,4-5,14-15H2,1-3H3,(H,25,28). The number of carbonyl (C=O) groups is 4. The molecule has 0 radical (unpaired) electrons. The Morgan fingerprint density at radius 3 is 2.09 bits per heavy atom. The molecule has 2 rings (SSSR count). The summed E-state index contributed by atoms with van der Waals surface area (Å²) in [6.07, 6.45) is 0.332. The molecule has 8 heteroatoms. The van der Waals surface area contributed by atoms with E-state index in [9.17, 15) is 19.2 Å². The number of esters is 2. The number of Topliss-reactive ketones (excluding diaryl/α,β-unsaturated/α-hetero) is 1. The highest BCUT2D eigenvalue weighted by Crippen LogP contribution is 2.16. The maximum atomic E-state index is 12.6. The lowest BCUT2D eigenvalue weighted by atomic mass is 10.0. The molecule has 0 saturated carbocycles. The summed E-state index contributed by atoms with van der Waals surface area (Å²) in [5, 5.41) is 2.69. The van der Waals surface area contributed by atoms with E-state index in [4.69, 9.17) is 14.2 Å². The summed E-state index contributed by atoms with van der Waals surface area (Å²) in [5.74, 6) is -0.601. The summed E-state index contributed by atoms with van der Waals surface area (Å²) in [6.45, 7) is 3.80. The van der Waals surface area contributed by atoms with Gasteiger partial charge in [0.1, 0.15) is 23.3 Å². The molecule has 0 aliphatic heterocycles. The highest BCUT2D eigenvalue weighted by molar-refractivity contribution is 5.97.